The Kier molecular flexibility index (Phi) is 5.33. The van der Waals surface area contributed by atoms with Crippen LogP contribution >= 0.6 is 9.24 Å². The molecule has 0 aromatic heterocycles. The van der Waals surface area contributed by atoms with Crippen LogP contribution in [-0.4, -0.2) is 6.16 Å². The van der Waals surface area contributed by atoms with Gasteiger partial charge in [0.15, 0.2) is 0 Å². The van der Waals surface area contributed by atoms with Gasteiger partial charge >= 0.3 is 0 Å². The standard InChI is InChI=1S/C23H19P/c1-2-3-5-18-7-10-20(11-8-18)22-14-13-21-16-19(6-4-15-24)9-12-23(21)17-22/h7-14,16-17H,2,15,24H2,1H3. The van der Waals surface area contributed by atoms with E-state index in [1.165, 1.54) is 21.9 Å². The highest BCUT2D eigenvalue weighted by molar-refractivity contribution is 7.16. The molecule has 1 heteroatoms. The maximum atomic E-state index is 3.17. The van der Waals surface area contributed by atoms with E-state index >= 15 is 0 Å². The lowest BCUT2D eigenvalue weighted by Gasteiger charge is -2.05. The third-order valence-electron chi connectivity index (χ3n) is 3.80. The van der Waals surface area contributed by atoms with E-state index in [9.17, 15) is 0 Å². The molecule has 0 N–H and O–H groups in total. The summed E-state index contributed by atoms with van der Waals surface area (Å²) >= 11 is 0. The second-order valence-electron chi connectivity index (χ2n) is 5.52. The molecule has 0 radical (unpaired) electrons. The van der Waals surface area contributed by atoms with Crippen molar-refractivity contribution in [3.63, 3.8) is 0 Å². The molecular formula is C23H19P. The van der Waals surface area contributed by atoms with Crippen LogP contribution in [0, 0.1) is 23.7 Å². The van der Waals surface area contributed by atoms with Crippen molar-refractivity contribution >= 4 is 20.0 Å². The molecule has 0 aliphatic carbocycles. The van der Waals surface area contributed by atoms with Crippen LogP contribution < -0.4 is 0 Å². The number of hydrogen-bond acceptors (Lipinski definition) is 0. The van der Waals surface area contributed by atoms with Crippen LogP contribution in [-0.2, 0) is 0 Å². The Morgan fingerprint density at radius 3 is 2.08 bits per heavy atom. The van der Waals surface area contributed by atoms with Gasteiger partial charge in [0, 0.05) is 23.7 Å². The van der Waals surface area contributed by atoms with E-state index in [4.69, 9.17) is 0 Å². The smallest absolute Gasteiger partial charge is 0.0251 e. The van der Waals surface area contributed by atoms with Crippen LogP contribution in [0.3, 0.4) is 0 Å². The lowest BCUT2D eigenvalue weighted by Crippen LogP contribution is -1.82. The molecule has 0 heterocycles. The summed E-state index contributed by atoms with van der Waals surface area (Å²) in [5.41, 5.74) is 4.57. The maximum absolute atomic E-state index is 3.17. The summed E-state index contributed by atoms with van der Waals surface area (Å²) in [5.74, 6) is 12.5. The molecule has 3 aromatic carbocycles. The number of rotatable bonds is 1. The van der Waals surface area contributed by atoms with Gasteiger partial charge < -0.3 is 0 Å². The van der Waals surface area contributed by atoms with Gasteiger partial charge in [-0.2, -0.15) is 0 Å². The van der Waals surface area contributed by atoms with E-state index < -0.39 is 0 Å². The van der Waals surface area contributed by atoms with Crippen molar-refractivity contribution in [2.24, 2.45) is 0 Å². The molecule has 3 aromatic rings. The fraction of sp³-hybridized carbons (Fsp3) is 0.130. The van der Waals surface area contributed by atoms with Crippen LogP contribution in [0.4, 0.5) is 0 Å². The van der Waals surface area contributed by atoms with E-state index in [0.29, 0.717) is 0 Å². The van der Waals surface area contributed by atoms with Crippen LogP contribution in [0.25, 0.3) is 21.9 Å². The van der Waals surface area contributed by atoms with Crippen molar-refractivity contribution in [2.45, 2.75) is 13.3 Å². The zero-order valence-corrected chi connectivity index (χ0v) is 14.9. The van der Waals surface area contributed by atoms with Gasteiger partial charge in [0.1, 0.15) is 0 Å². The van der Waals surface area contributed by atoms with Crippen molar-refractivity contribution in [3.8, 4) is 34.8 Å². The third-order valence-corrected chi connectivity index (χ3v) is 4.01. The third kappa shape index (κ3) is 3.86. The molecule has 24 heavy (non-hydrogen) atoms. The minimum atomic E-state index is 0.801. The largest absolute Gasteiger partial charge is 0.125 e. The van der Waals surface area contributed by atoms with Gasteiger partial charge in [-0.05, 0) is 52.2 Å². The zero-order chi connectivity index (χ0) is 16.8. The molecule has 0 aliphatic heterocycles. The Morgan fingerprint density at radius 1 is 0.708 bits per heavy atom. The zero-order valence-electron chi connectivity index (χ0n) is 13.8. The molecule has 0 amide bonds. The number of hydrogen-bond donors (Lipinski definition) is 0. The normalized spacial score (nSPS) is 9.75. The average molecular weight is 326 g/mol. The van der Waals surface area contributed by atoms with E-state index in [1.807, 2.05) is 0 Å². The molecule has 1 unspecified atom stereocenters. The average Bonchev–Trinajstić information content (AvgIpc) is 2.64. The predicted molar refractivity (Wildman–Crippen MR) is 108 cm³/mol. The van der Waals surface area contributed by atoms with Gasteiger partial charge in [-0.1, -0.05) is 60.9 Å². The van der Waals surface area contributed by atoms with Gasteiger partial charge in [0.05, 0.1) is 0 Å². The molecule has 0 saturated heterocycles. The topological polar surface area (TPSA) is 0 Å². The molecule has 0 aliphatic rings. The van der Waals surface area contributed by atoms with Crippen molar-refractivity contribution in [2.75, 3.05) is 6.16 Å². The summed E-state index contributed by atoms with van der Waals surface area (Å²) < 4.78 is 0. The lowest BCUT2D eigenvalue weighted by molar-refractivity contribution is 1.28. The van der Waals surface area contributed by atoms with Crippen LogP contribution in [0.5, 0.6) is 0 Å². The summed E-state index contributed by atoms with van der Waals surface area (Å²) in [7, 11) is 2.63. The fourth-order valence-electron chi connectivity index (χ4n) is 2.59. The first-order valence-electron chi connectivity index (χ1n) is 8.12. The fourth-order valence-corrected chi connectivity index (χ4v) is 2.69. The lowest BCUT2D eigenvalue weighted by atomic mass is 9.99. The number of fused-ring (bicyclic) bond motifs is 1. The molecule has 0 nitrogen and oxygen atoms in total. The predicted octanol–water partition coefficient (Wildman–Crippen LogP) is 5.49. The Hall–Kier alpha value is -2.53. The highest BCUT2D eigenvalue weighted by Gasteiger charge is 2.01. The van der Waals surface area contributed by atoms with Gasteiger partial charge in [-0.15, -0.1) is 9.24 Å². The van der Waals surface area contributed by atoms with Gasteiger partial charge in [0.25, 0.3) is 0 Å². The molecule has 116 valence electrons. The molecule has 0 saturated carbocycles. The van der Waals surface area contributed by atoms with E-state index in [1.54, 1.807) is 0 Å². The first-order chi connectivity index (χ1) is 11.8. The molecule has 0 fully saturated rings. The SMILES string of the molecule is CCC#Cc1ccc(-c2ccc3cc(C#CCP)ccc3c2)cc1. The summed E-state index contributed by atoms with van der Waals surface area (Å²) in [5, 5.41) is 2.46. The molecule has 1 atom stereocenters. The first-order valence-corrected chi connectivity index (χ1v) is 8.94. The number of benzene rings is 3. The Bertz CT molecular complexity index is 974. The minimum Gasteiger partial charge on any atom is -0.125 e. The van der Waals surface area contributed by atoms with Gasteiger partial charge in [-0.3, -0.25) is 0 Å². The second kappa shape index (κ2) is 7.84. The van der Waals surface area contributed by atoms with E-state index in [0.717, 1.165) is 23.7 Å². The Balaban J connectivity index is 1.93. The molecule has 3 rings (SSSR count). The second-order valence-corrected chi connectivity index (χ2v) is 5.92. The Labute approximate surface area is 146 Å². The van der Waals surface area contributed by atoms with Crippen molar-refractivity contribution < 1.29 is 0 Å². The highest BCUT2D eigenvalue weighted by Crippen LogP contribution is 2.25. The maximum Gasteiger partial charge on any atom is 0.0251 e. The molecule has 0 bridgehead atoms. The van der Waals surface area contributed by atoms with Crippen molar-refractivity contribution in [3.05, 3.63) is 71.8 Å². The van der Waals surface area contributed by atoms with Gasteiger partial charge in [-0.25, -0.2) is 0 Å². The summed E-state index contributed by atoms with van der Waals surface area (Å²) in [4.78, 5) is 0. The Morgan fingerprint density at radius 2 is 1.33 bits per heavy atom. The van der Waals surface area contributed by atoms with Crippen LogP contribution in [0.1, 0.15) is 24.5 Å². The minimum absolute atomic E-state index is 0.801. The molecular weight excluding hydrogens is 307 g/mol. The van der Waals surface area contributed by atoms with E-state index in [-0.39, 0.29) is 0 Å². The van der Waals surface area contributed by atoms with Crippen molar-refractivity contribution in [1.82, 2.24) is 0 Å². The first kappa shape index (κ1) is 16.3. The quantitative estimate of drug-likeness (QED) is 0.409. The van der Waals surface area contributed by atoms with E-state index in [2.05, 4.69) is 101 Å². The van der Waals surface area contributed by atoms with Gasteiger partial charge in [0.2, 0.25) is 0 Å². The highest BCUT2D eigenvalue weighted by atomic mass is 31.0. The monoisotopic (exact) mass is 326 g/mol. The van der Waals surface area contributed by atoms with Crippen LogP contribution in [0.2, 0.25) is 0 Å². The van der Waals surface area contributed by atoms with Crippen molar-refractivity contribution in [1.29, 1.82) is 0 Å². The summed E-state index contributed by atoms with van der Waals surface area (Å²) in [6, 6.07) is 21.4. The summed E-state index contributed by atoms with van der Waals surface area (Å²) in [6.45, 7) is 2.06. The van der Waals surface area contributed by atoms with Crippen LogP contribution in [0.15, 0.2) is 60.7 Å². The molecule has 0 spiro atoms. The summed E-state index contributed by atoms with van der Waals surface area (Å²) in [6.07, 6.45) is 1.69.